The van der Waals surface area contributed by atoms with Crippen LogP contribution in [0.1, 0.15) is 58.2 Å². The van der Waals surface area contributed by atoms with Crippen molar-refractivity contribution in [1.29, 1.82) is 0 Å². The van der Waals surface area contributed by atoms with Crippen LogP contribution in [0.2, 0.25) is 0 Å². The van der Waals surface area contributed by atoms with Crippen molar-refractivity contribution in [2.75, 3.05) is 4.90 Å². The zero-order valence-electron chi connectivity index (χ0n) is 18.5. The van der Waals surface area contributed by atoms with Crippen molar-refractivity contribution in [3.63, 3.8) is 0 Å². The van der Waals surface area contributed by atoms with Gasteiger partial charge >= 0.3 is 0 Å². The second kappa shape index (κ2) is 6.62. The highest BCUT2D eigenvalue weighted by Crippen LogP contribution is 2.50. The first-order valence-corrected chi connectivity index (χ1v) is 10.4. The Kier molecular flexibility index (Phi) is 4.46. The first kappa shape index (κ1) is 19.5. The number of hydrogen-bond acceptors (Lipinski definition) is 1. The molecule has 0 saturated carbocycles. The minimum absolute atomic E-state index is 0.00122. The molecular formula is C28H31N. The quantitative estimate of drug-likeness (QED) is 0.445. The topological polar surface area (TPSA) is 3.24 Å². The van der Waals surface area contributed by atoms with Crippen LogP contribution >= 0.6 is 0 Å². The molecule has 0 amide bonds. The number of hydrogen-bond donors (Lipinski definition) is 0. The molecule has 1 aliphatic rings. The van der Waals surface area contributed by atoms with E-state index in [0.29, 0.717) is 0 Å². The molecule has 1 nitrogen and oxygen atoms in total. The van der Waals surface area contributed by atoms with E-state index < -0.39 is 0 Å². The van der Waals surface area contributed by atoms with Gasteiger partial charge in [-0.1, -0.05) is 83.7 Å². The van der Waals surface area contributed by atoms with E-state index in [-0.39, 0.29) is 10.8 Å². The van der Waals surface area contributed by atoms with Crippen LogP contribution in [0.25, 0.3) is 11.1 Å². The number of anilines is 2. The second-order valence-electron chi connectivity index (χ2n) is 9.77. The van der Waals surface area contributed by atoms with Crippen molar-refractivity contribution in [2.45, 2.75) is 52.4 Å². The zero-order valence-corrected chi connectivity index (χ0v) is 18.5. The molecule has 0 aliphatic heterocycles. The van der Waals surface area contributed by atoms with Gasteiger partial charge in [0.05, 0.1) is 0 Å². The largest absolute Gasteiger partial charge is 0.315 e. The summed E-state index contributed by atoms with van der Waals surface area (Å²) in [7, 11) is 0. The van der Waals surface area contributed by atoms with Crippen LogP contribution < -0.4 is 4.90 Å². The lowest BCUT2D eigenvalue weighted by Gasteiger charge is -2.28. The Bertz CT molecular complexity index is 1080. The third-order valence-electron chi connectivity index (χ3n) is 6.20. The van der Waals surface area contributed by atoms with E-state index in [4.69, 9.17) is 0 Å². The Balaban J connectivity index is 1.80. The van der Waals surface area contributed by atoms with E-state index in [1.807, 2.05) is 0 Å². The zero-order chi connectivity index (χ0) is 21.0. The molecule has 1 heteroatoms. The Hall–Kier alpha value is -2.80. The second-order valence-corrected chi connectivity index (χ2v) is 9.77. The first-order valence-electron chi connectivity index (χ1n) is 10.4. The van der Waals surface area contributed by atoms with Crippen LogP contribution in [-0.4, -0.2) is 0 Å². The van der Waals surface area contributed by atoms with Crippen molar-refractivity contribution in [3.05, 3.63) is 95.7 Å². The fourth-order valence-corrected chi connectivity index (χ4v) is 4.53. The lowest BCUT2D eigenvalue weighted by molar-refractivity contribution is 0.590. The molecule has 0 aromatic heterocycles. The molecule has 0 spiro atoms. The van der Waals surface area contributed by atoms with E-state index in [0.717, 1.165) is 11.4 Å². The predicted molar refractivity (Wildman–Crippen MR) is 126 cm³/mol. The van der Waals surface area contributed by atoms with Crippen LogP contribution in [0.4, 0.5) is 11.4 Å². The highest BCUT2D eigenvalue weighted by molar-refractivity contribution is 5.83. The number of nitrogens with zero attached hydrogens (tertiary/aromatic N) is 1. The van der Waals surface area contributed by atoms with Crippen LogP contribution in [0, 0.1) is 0 Å². The minimum atomic E-state index is -0.00122. The highest BCUT2D eigenvalue weighted by Gasteiger charge is 2.35. The Morgan fingerprint density at radius 2 is 1.38 bits per heavy atom. The Morgan fingerprint density at radius 1 is 0.793 bits per heavy atom. The molecular weight excluding hydrogens is 350 g/mol. The standard InChI is InChI=1S/C28H31N/c1-19(2)29(21-14-12-20(13-15-21)27(3,4)5)22-16-17-24-23-10-8-9-11-25(23)28(6,7)26(24)18-22/h8-18H,1H2,2-7H3. The molecule has 0 atom stereocenters. The summed E-state index contributed by atoms with van der Waals surface area (Å²) in [6, 6.07) is 24.5. The smallest absolute Gasteiger partial charge is 0.0461 e. The summed E-state index contributed by atoms with van der Waals surface area (Å²) in [5.41, 5.74) is 10.3. The SMILES string of the molecule is C=C(C)N(c1ccc(C(C)(C)C)cc1)c1ccc2c(c1)C(C)(C)c1ccccc1-2. The summed E-state index contributed by atoms with van der Waals surface area (Å²) >= 11 is 0. The normalized spacial score (nSPS) is 14.3. The predicted octanol–water partition coefficient (Wildman–Crippen LogP) is 7.96. The Morgan fingerprint density at radius 3 is 2.00 bits per heavy atom. The molecule has 0 fully saturated rings. The number of fused-ring (bicyclic) bond motifs is 3. The summed E-state index contributed by atoms with van der Waals surface area (Å²) in [5.74, 6) is 0. The fourth-order valence-electron chi connectivity index (χ4n) is 4.53. The molecule has 3 aromatic carbocycles. The molecule has 0 saturated heterocycles. The Labute approximate surface area is 175 Å². The summed E-state index contributed by atoms with van der Waals surface area (Å²) in [6.07, 6.45) is 0. The summed E-state index contributed by atoms with van der Waals surface area (Å²) in [4.78, 5) is 2.26. The van der Waals surface area contributed by atoms with Crippen LogP contribution in [0.5, 0.6) is 0 Å². The maximum atomic E-state index is 4.27. The molecule has 148 valence electrons. The average Bonchev–Trinajstić information content (AvgIpc) is 2.89. The van der Waals surface area contributed by atoms with Crippen molar-refractivity contribution < 1.29 is 0 Å². The van der Waals surface area contributed by atoms with Crippen molar-refractivity contribution in [3.8, 4) is 11.1 Å². The van der Waals surface area contributed by atoms with Gasteiger partial charge in [0.1, 0.15) is 0 Å². The molecule has 0 radical (unpaired) electrons. The minimum Gasteiger partial charge on any atom is -0.315 e. The van der Waals surface area contributed by atoms with Gasteiger partial charge in [0.2, 0.25) is 0 Å². The fraction of sp³-hybridized carbons (Fsp3) is 0.286. The molecule has 0 bridgehead atoms. The number of allylic oxidation sites excluding steroid dienone is 1. The van der Waals surface area contributed by atoms with Gasteiger partial charge in [0.15, 0.2) is 0 Å². The monoisotopic (exact) mass is 381 g/mol. The molecule has 0 N–H and O–H groups in total. The van der Waals surface area contributed by atoms with Gasteiger partial charge in [-0.05, 0) is 64.4 Å². The maximum Gasteiger partial charge on any atom is 0.0461 e. The van der Waals surface area contributed by atoms with Crippen molar-refractivity contribution in [1.82, 2.24) is 0 Å². The molecule has 0 heterocycles. The van der Waals surface area contributed by atoms with Gasteiger partial charge in [-0.2, -0.15) is 0 Å². The summed E-state index contributed by atoms with van der Waals surface area (Å²) in [6.45, 7) is 17.7. The molecule has 0 unspecified atom stereocenters. The lowest BCUT2D eigenvalue weighted by Crippen LogP contribution is -2.18. The molecule has 1 aliphatic carbocycles. The van der Waals surface area contributed by atoms with E-state index in [2.05, 4.69) is 120 Å². The third-order valence-corrected chi connectivity index (χ3v) is 6.20. The molecule has 4 rings (SSSR count). The van der Waals surface area contributed by atoms with Crippen LogP contribution in [-0.2, 0) is 10.8 Å². The van der Waals surface area contributed by atoms with Gasteiger partial charge < -0.3 is 4.90 Å². The van der Waals surface area contributed by atoms with Gasteiger partial charge in [0.25, 0.3) is 0 Å². The number of benzene rings is 3. The van der Waals surface area contributed by atoms with Crippen molar-refractivity contribution >= 4 is 11.4 Å². The average molecular weight is 382 g/mol. The summed E-state index contributed by atoms with van der Waals surface area (Å²) in [5, 5.41) is 0. The van der Waals surface area contributed by atoms with Crippen LogP contribution in [0.15, 0.2) is 79.0 Å². The third kappa shape index (κ3) is 3.19. The number of rotatable bonds is 3. The van der Waals surface area contributed by atoms with E-state index in [1.165, 1.54) is 33.5 Å². The maximum absolute atomic E-state index is 4.27. The lowest BCUT2D eigenvalue weighted by atomic mass is 9.82. The van der Waals surface area contributed by atoms with E-state index in [1.54, 1.807) is 0 Å². The van der Waals surface area contributed by atoms with Gasteiger partial charge in [-0.25, -0.2) is 0 Å². The van der Waals surface area contributed by atoms with Gasteiger partial charge in [0, 0.05) is 22.5 Å². The van der Waals surface area contributed by atoms with Crippen LogP contribution in [0.3, 0.4) is 0 Å². The molecule has 3 aromatic rings. The van der Waals surface area contributed by atoms with Gasteiger partial charge in [-0.15, -0.1) is 0 Å². The van der Waals surface area contributed by atoms with E-state index in [9.17, 15) is 0 Å². The summed E-state index contributed by atoms with van der Waals surface area (Å²) < 4.78 is 0. The highest BCUT2D eigenvalue weighted by atomic mass is 15.1. The van der Waals surface area contributed by atoms with E-state index >= 15 is 0 Å². The van der Waals surface area contributed by atoms with Crippen molar-refractivity contribution in [2.24, 2.45) is 0 Å². The molecule has 29 heavy (non-hydrogen) atoms. The van der Waals surface area contributed by atoms with Gasteiger partial charge in [-0.3, -0.25) is 0 Å². The first-order chi connectivity index (χ1) is 13.6.